The van der Waals surface area contributed by atoms with Gasteiger partial charge >= 0.3 is 0 Å². The van der Waals surface area contributed by atoms with Crippen LogP contribution in [0.15, 0.2) is 67.0 Å². The quantitative estimate of drug-likeness (QED) is 0.430. The molecule has 0 N–H and O–H groups in total. The summed E-state index contributed by atoms with van der Waals surface area (Å²) in [4.78, 5) is 9.70. The number of halogens is 1. The number of methoxy groups -OCH3 is 2. The fourth-order valence-electron chi connectivity index (χ4n) is 4.22. The number of rotatable bonds is 5. The molecule has 1 aliphatic rings. The highest BCUT2D eigenvalue weighted by Crippen LogP contribution is 2.38. The van der Waals surface area contributed by atoms with Crippen molar-refractivity contribution in [3.05, 3.63) is 72.0 Å². The lowest BCUT2D eigenvalue weighted by molar-refractivity contribution is 0.395. The summed E-state index contributed by atoms with van der Waals surface area (Å²) in [5.74, 6) is 1.25. The van der Waals surface area contributed by atoms with Gasteiger partial charge in [0.1, 0.15) is 17.1 Å². The second kappa shape index (κ2) is 8.63. The van der Waals surface area contributed by atoms with E-state index in [4.69, 9.17) is 26.1 Å². The number of para-hydroxylation sites is 1. The number of fused-ring (bicyclic) bond motifs is 1. The molecule has 2 aromatic carbocycles. The van der Waals surface area contributed by atoms with Crippen molar-refractivity contribution in [1.82, 2.24) is 9.38 Å². The third kappa shape index (κ3) is 3.82. The molecule has 3 heterocycles. The molecule has 0 bridgehead atoms. The Balaban J connectivity index is 1.39. The van der Waals surface area contributed by atoms with Gasteiger partial charge in [-0.1, -0.05) is 29.8 Å². The van der Waals surface area contributed by atoms with Gasteiger partial charge in [0.2, 0.25) is 0 Å². The van der Waals surface area contributed by atoms with Crippen LogP contribution in [-0.4, -0.2) is 49.8 Å². The summed E-state index contributed by atoms with van der Waals surface area (Å²) in [7, 11) is 3.22. The van der Waals surface area contributed by atoms with E-state index < -0.39 is 0 Å². The van der Waals surface area contributed by atoms with E-state index in [-0.39, 0.29) is 0 Å². The number of hydrogen-bond donors (Lipinski definition) is 0. The molecule has 0 unspecified atom stereocenters. The van der Waals surface area contributed by atoms with E-state index in [0.29, 0.717) is 16.5 Å². The van der Waals surface area contributed by atoms with Crippen molar-refractivity contribution >= 4 is 28.6 Å². The third-order valence-electron chi connectivity index (χ3n) is 5.96. The molecular formula is C25H25ClN4O2. The number of aromatic nitrogens is 2. The fourth-order valence-corrected chi connectivity index (χ4v) is 4.46. The summed E-state index contributed by atoms with van der Waals surface area (Å²) >= 11 is 6.36. The molecule has 1 saturated heterocycles. The van der Waals surface area contributed by atoms with Crippen molar-refractivity contribution in [2.75, 3.05) is 50.2 Å². The number of imidazole rings is 1. The first-order chi connectivity index (χ1) is 15.7. The Morgan fingerprint density at radius 1 is 0.812 bits per heavy atom. The lowest BCUT2D eigenvalue weighted by atomic mass is 10.1. The number of ether oxygens (including phenoxy) is 2. The molecule has 0 saturated carbocycles. The third-order valence-corrected chi connectivity index (χ3v) is 6.26. The van der Waals surface area contributed by atoms with Crippen LogP contribution < -0.4 is 19.3 Å². The maximum Gasteiger partial charge on any atom is 0.141 e. The zero-order chi connectivity index (χ0) is 22.1. The van der Waals surface area contributed by atoms with Crippen molar-refractivity contribution in [3.63, 3.8) is 0 Å². The molecule has 6 nitrogen and oxygen atoms in total. The van der Waals surface area contributed by atoms with E-state index in [1.165, 1.54) is 11.4 Å². The van der Waals surface area contributed by atoms with Crippen molar-refractivity contribution in [2.24, 2.45) is 0 Å². The van der Waals surface area contributed by atoms with E-state index in [9.17, 15) is 0 Å². The summed E-state index contributed by atoms with van der Waals surface area (Å²) in [6.45, 7) is 3.94. The van der Waals surface area contributed by atoms with Gasteiger partial charge in [-0.05, 0) is 24.3 Å². The van der Waals surface area contributed by atoms with Crippen LogP contribution in [-0.2, 0) is 0 Å². The Bertz CT molecular complexity index is 1230. The van der Waals surface area contributed by atoms with Crippen LogP contribution >= 0.6 is 11.6 Å². The molecule has 0 atom stereocenters. The SMILES string of the molecule is COc1cc(OC)c(-c2cn3ccc(N4CCN(c5ccccc5)CC4)cc3n2)cc1Cl. The predicted octanol–water partition coefficient (Wildman–Crippen LogP) is 5.00. The van der Waals surface area contributed by atoms with Gasteiger partial charge < -0.3 is 23.7 Å². The second-order valence-corrected chi connectivity index (χ2v) is 8.18. The zero-order valence-electron chi connectivity index (χ0n) is 18.2. The molecule has 164 valence electrons. The van der Waals surface area contributed by atoms with Crippen LogP contribution in [0.1, 0.15) is 0 Å². The number of anilines is 2. The van der Waals surface area contributed by atoms with Gasteiger partial charge in [0, 0.05) is 67.6 Å². The first kappa shape index (κ1) is 20.5. The first-order valence-electron chi connectivity index (χ1n) is 10.6. The van der Waals surface area contributed by atoms with Gasteiger partial charge in [0.05, 0.1) is 24.9 Å². The Labute approximate surface area is 192 Å². The molecule has 0 amide bonds. The van der Waals surface area contributed by atoms with Crippen molar-refractivity contribution in [3.8, 4) is 22.8 Å². The molecule has 0 aliphatic carbocycles. The first-order valence-corrected chi connectivity index (χ1v) is 11.0. The molecule has 0 spiro atoms. The van der Waals surface area contributed by atoms with Gasteiger partial charge in [-0.2, -0.15) is 0 Å². The highest BCUT2D eigenvalue weighted by Gasteiger charge is 2.19. The minimum atomic E-state index is 0.525. The minimum Gasteiger partial charge on any atom is -0.496 e. The van der Waals surface area contributed by atoms with E-state index >= 15 is 0 Å². The maximum atomic E-state index is 6.36. The summed E-state index contributed by atoms with van der Waals surface area (Å²) in [6.07, 6.45) is 4.05. The molecule has 7 heteroatoms. The standard InChI is InChI=1S/C25H25ClN4O2/c1-31-23-16-24(32-2)21(26)15-20(23)22-17-30-9-8-19(14-25(30)27-22)29-12-10-28(11-13-29)18-6-4-3-5-7-18/h3-9,14-17H,10-13H2,1-2H3. The van der Waals surface area contributed by atoms with E-state index in [1.54, 1.807) is 20.3 Å². The van der Waals surface area contributed by atoms with Crippen LogP contribution in [0, 0.1) is 0 Å². The summed E-state index contributed by atoms with van der Waals surface area (Å²) in [6, 6.07) is 18.5. The topological polar surface area (TPSA) is 42.2 Å². The summed E-state index contributed by atoms with van der Waals surface area (Å²) in [5, 5.41) is 0.525. The molecule has 1 aliphatic heterocycles. The number of benzene rings is 2. The Morgan fingerprint density at radius 3 is 2.19 bits per heavy atom. The molecule has 4 aromatic rings. The normalized spacial score (nSPS) is 14.1. The summed E-state index contributed by atoms with van der Waals surface area (Å²) < 4.78 is 12.9. The molecule has 5 rings (SSSR count). The lowest BCUT2D eigenvalue weighted by Crippen LogP contribution is -2.46. The van der Waals surface area contributed by atoms with Crippen LogP contribution in [0.2, 0.25) is 5.02 Å². The predicted molar refractivity (Wildman–Crippen MR) is 130 cm³/mol. The van der Waals surface area contributed by atoms with Crippen molar-refractivity contribution in [2.45, 2.75) is 0 Å². The van der Waals surface area contributed by atoms with Crippen LogP contribution in [0.25, 0.3) is 16.9 Å². The molecule has 2 aromatic heterocycles. The Kier molecular flexibility index (Phi) is 5.53. The lowest BCUT2D eigenvalue weighted by Gasteiger charge is -2.37. The van der Waals surface area contributed by atoms with Gasteiger partial charge in [-0.25, -0.2) is 4.98 Å². The number of pyridine rings is 1. The van der Waals surface area contributed by atoms with Crippen LogP contribution in [0.4, 0.5) is 11.4 Å². The monoisotopic (exact) mass is 448 g/mol. The van der Waals surface area contributed by atoms with Crippen molar-refractivity contribution in [1.29, 1.82) is 0 Å². The Hall–Kier alpha value is -3.38. The maximum absolute atomic E-state index is 6.36. The van der Waals surface area contributed by atoms with Crippen molar-refractivity contribution < 1.29 is 9.47 Å². The number of piperazine rings is 1. The molecular weight excluding hydrogens is 424 g/mol. The molecule has 1 fully saturated rings. The summed E-state index contributed by atoms with van der Waals surface area (Å²) in [5.41, 5.74) is 4.99. The van der Waals surface area contributed by atoms with Gasteiger partial charge in [0.25, 0.3) is 0 Å². The number of hydrogen-bond acceptors (Lipinski definition) is 5. The van der Waals surface area contributed by atoms with Gasteiger partial charge in [0.15, 0.2) is 0 Å². The minimum absolute atomic E-state index is 0.525. The molecule has 32 heavy (non-hydrogen) atoms. The van der Waals surface area contributed by atoms with Gasteiger partial charge in [-0.15, -0.1) is 0 Å². The van der Waals surface area contributed by atoms with Crippen LogP contribution in [0.5, 0.6) is 11.5 Å². The largest absolute Gasteiger partial charge is 0.496 e. The van der Waals surface area contributed by atoms with E-state index in [2.05, 4.69) is 58.5 Å². The van der Waals surface area contributed by atoms with Gasteiger partial charge in [-0.3, -0.25) is 0 Å². The fraction of sp³-hybridized carbons (Fsp3) is 0.240. The Morgan fingerprint density at radius 2 is 1.50 bits per heavy atom. The highest BCUT2D eigenvalue weighted by atomic mass is 35.5. The second-order valence-electron chi connectivity index (χ2n) is 7.77. The molecule has 0 radical (unpaired) electrons. The zero-order valence-corrected chi connectivity index (χ0v) is 18.9. The smallest absolute Gasteiger partial charge is 0.141 e. The number of nitrogens with zero attached hydrogens (tertiary/aromatic N) is 4. The highest BCUT2D eigenvalue weighted by molar-refractivity contribution is 6.32. The average Bonchev–Trinajstić information content (AvgIpc) is 3.28. The van der Waals surface area contributed by atoms with Crippen LogP contribution in [0.3, 0.4) is 0 Å². The van der Waals surface area contributed by atoms with E-state index in [1.807, 2.05) is 16.7 Å². The average molecular weight is 449 g/mol. The van der Waals surface area contributed by atoms with E-state index in [0.717, 1.165) is 43.1 Å².